The van der Waals surface area contributed by atoms with Crippen LogP contribution in [0.1, 0.15) is 62.8 Å². The van der Waals surface area contributed by atoms with Crippen LogP contribution < -0.4 is 21.3 Å². The minimum absolute atomic E-state index is 0.00657. The second-order valence-electron chi connectivity index (χ2n) is 13.2. The summed E-state index contributed by atoms with van der Waals surface area (Å²) in [4.78, 5) is 68.9. The average molecular weight is 714 g/mol. The summed E-state index contributed by atoms with van der Waals surface area (Å²) in [7, 11) is 1.23. The van der Waals surface area contributed by atoms with E-state index in [1.54, 1.807) is 57.3 Å². The second kappa shape index (κ2) is 18.9. The molecule has 0 spiro atoms. The molecule has 276 valence electrons. The first kappa shape index (κ1) is 38.9. The smallest absolute Gasteiger partial charge is 0.408 e. The minimum Gasteiger partial charge on any atom is -0.467 e. The first-order chi connectivity index (χ1) is 24.9. The average Bonchev–Trinajstić information content (AvgIpc) is 3.54. The Labute approximate surface area is 303 Å². The fourth-order valence-electron chi connectivity index (χ4n) is 5.45. The molecule has 0 unspecified atom stereocenters. The molecule has 0 saturated heterocycles. The third-order valence-corrected chi connectivity index (χ3v) is 7.99. The van der Waals surface area contributed by atoms with Crippen molar-refractivity contribution in [1.82, 2.24) is 26.3 Å². The molecule has 3 atom stereocenters. The van der Waals surface area contributed by atoms with Gasteiger partial charge in [0.1, 0.15) is 30.3 Å². The lowest BCUT2D eigenvalue weighted by atomic mass is 10.0. The predicted molar refractivity (Wildman–Crippen MR) is 195 cm³/mol. The third-order valence-electron chi connectivity index (χ3n) is 7.99. The van der Waals surface area contributed by atoms with Gasteiger partial charge in [0.15, 0.2) is 0 Å². The van der Waals surface area contributed by atoms with Crippen LogP contribution in [-0.2, 0) is 41.6 Å². The molecule has 0 fully saturated rings. The molecule has 0 radical (unpaired) electrons. The number of hydrogen-bond acceptors (Lipinski definition) is 8. The van der Waals surface area contributed by atoms with Crippen LogP contribution in [0.3, 0.4) is 0 Å². The molecular formula is C39H47N5O8. The van der Waals surface area contributed by atoms with E-state index in [9.17, 15) is 24.0 Å². The zero-order chi connectivity index (χ0) is 37.5. The Balaban J connectivity index is 1.50. The lowest BCUT2D eigenvalue weighted by molar-refractivity contribution is -0.145. The number of carbonyl (C=O) groups excluding carboxylic acids is 5. The van der Waals surface area contributed by atoms with E-state index in [4.69, 9.17) is 14.2 Å². The summed E-state index contributed by atoms with van der Waals surface area (Å²) in [6.45, 7) is 5.60. The summed E-state index contributed by atoms with van der Waals surface area (Å²) in [6.07, 6.45) is 1.63. The van der Waals surface area contributed by atoms with E-state index in [0.29, 0.717) is 24.9 Å². The molecule has 1 heterocycles. The highest BCUT2D eigenvalue weighted by Gasteiger charge is 2.31. The van der Waals surface area contributed by atoms with Gasteiger partial charge in [-0.2, -0.15) is 0 Å². The zero-order valence-corrected chi connectivity index (χ0v) is 29.9. The van der Waals surface area contributed by atoms with Crippen molar-refractivity contribution in [1.29, 1.82) is 0 Å². The molecule has 3 aromatic carbocycles. The monoisotopic (exact) mass is 713 g/mol. The Morgan fingerprint density at radius 3 is 2.10 bits per heavy atom. The molecule has 5 N–H and O–H groups in total. The van der Waals surface area contributed by atoms with Gasteiger partial charge in [0, 0.05) is 30.1 Å². The van der Waals surface area contributed by atoms with Gasteiger partial charge >= 0.3 is 18.2 Å². The largest absolute Gasteiger partial charge is 0.467 e. The van der Waals surface area contributed by atoms with Crippen LogP contribution in [0.5, 0.6) is 0 Å². The maximum Gasteiger partial charge on any atom is 0.408 e. The molecule has 13 heteroatoms. The van der Waals surface area contributed by atoms with E-state index < -0.39 is 53.7 Å². The topological polar surface area (TPSA) is 177 Å². The fraction of sp³-hybridized carbons (Fsp3) is 0.359. The van der Waals surface area contributed by atoms with Crippen molar-refractivity contribution in [2.45, 2.75) is 76.8 Å². The zero-order valence-electron chi connectivity index (χ0n) is 29.9. The predicted octanol–water partition coefficient (Wildman–Crippen LogP) is 5.22. The first-order valence-corrected chi connectivity index (χ1v) is 17.2. The van der Waals surface area contributed by atoms with Gasteiger partial charge in [-0.05, 0) is 62.8 Å². The molecule has 1 aromatic heterocycles. The number of unbranched alkanes of at least 4 members (excludes halogenated alkanes) is 1. The molecule has 0 aliphatic heterocycles. The van der Waals surface area contributed by atoms with Crippen molar-refractivity contribution in [3.8, 4) is 0 Å². The molecule has 13 nitrogen and oxygen atoms in total. The molecular weight excluding hydrogens is 666 g/mol. The molecule has 0 aliphatic rings. The number of aromatic amines is 1. The molecule has 0 aliphatic carbocycles. The summed E-state index contributed by atoms with van der Waals surface area (Å²) in [6, 6.07) is 21.9. The third kappa shape index (κ3) is 12.2. The Kier molecular flexibility index (Phi) is 14.2. The molecule has 4 aromatic rings. The fourth-order valence-corrected chi connectivity index (χ4v) is 5.45. The Morgan fingerprint density at radius 1 is 0.750 bits per heavy atom. The van der Waals surface area contributed by atoms with Gasteiger partial charge in [-0.15, -0.1) is 0 Å². The number of fused-ring (bicyclic) bond motifs is 1. The number of rotatable bonds is 16. The van der Waals surface area contributed by atoms with Crippen LogP contribution in [0.25, 0.3) is 10.9 Å². The second-order valence-corrected chi connectivity index (χ2v) is 13.2. The van der Waals surface area contributed by atoms with E-state index in [1.807, 2.05) is 54.6 Å². The van der Waals surface area contributed by atoms with Gasteiger partial charge in [-0.1, -0.05) is 78.9 Å². The number of benzene rings is 3. The Hall–Kier alpha value is -5.85. The molecule has 4 amide bonds. The normalized spacial score (nSPS) is 12.8. The van der Waals surface area contributed by atoms with Crippen molar-refractivity contribution >= 4 is 40.9 Å². The van der Waals surface area contributed by atoms with Gasteiger partial charge in [0.2, 0.25) is 11.8 Å². The van der Waals surface area contributed by atoms with Crippen molar-refractivity contribution in [3.63, 3.8) is 0 Å². The lowest BCUT2D eigenvalue weighted by Crippen LogP contribution is -2.54. The van der Waals surface area contributed by atoms with Crippen LogP contribution in [0, 0.1) is 0 Å². The Bertz CT molecular complexity index is 1790. The van der Waals surface area contributed by atoms with E-state index in [0.717, 1.165) is 22.0 Å². The van der Waals surface area contributed by atoms with Crippen molar-refractivity contribution in [2.24, 2.45) is 0 Å². The number of aromatic nitrogens is 1. The van der Waals surface area contributed by atoms with Gasteiger partial charge in [0.25, 0.3) is 0 Å². The highest BCUT2D eigenvalue weighted by Crippen LogP contribution is 2.21. The van der Waals surface area contributed by atoms with Crippen LogP contribution in [0.2, 0.25) is 0 Å². The maximum atomic E-state index is 14.0. The standard InChI is InChI=1S/C39H47N5O8/c1-39(2,3)52-37(48)40-22-14-13-21-31(36(47)50-4)42-34(45)32(23-28-24-41-30-20-12-11-19-29(28)30)43-35(46)33(27-17-9-6-10-18-27)44-38(49)51-25-26-15-7-5-8-16-26/h5-12,15-20,24,31-33,41H,13-14,21-23,25H2,1-4H3,(H,40,48)(H,42,45)(H,43,46)(H,44,49)/t31-,32-,33+/m1/s1. The van der Waals surface area contributed by atoms with Gasteiger partial charge in [-0.3, -0.25) is 9.59 Å². The van der Waals surface area contributed by atoms with Crippen molar-refractivity contribution < 1.29 is 38.2 Å². The SMILES string of the molecule is COC(=O)[C@@H](CCCCNC(=O)OC(C)(C)C)NC(=O)[C@@H](Cc1c[nH]c2ccccc12)NC(=O)[C@@H](NC(=O)OCc1ccccc1)c1ccccc1. The number of nitrogens with one attached hydrogen (secondary N) is 5. The highest BCUT2D eigenvalue weighted by molar-refractivity contribution is 5.94. The molecule has 52 heavy (non-hydrogen) atoms. The molecule has 0 saturated carbocycles. The van der Waals surface area contributed by atoms with Crippen molar-refractivity contribution in [3.05, 3.63) is 108 Å². The molecule has 4 rings (SSSR count). The quantitative estimate of drug-likeness (QED) is 0.0597. The van der Waals surface area contributed by atoms with Crippen molar-refractivity contribution in [2.75, 3.05) is 13.7 Å². The number of alkyl carbamates (subject to hydrolysis) is 2. The van der Waals surface area contributed by atoms with E-state index in [1.165, 1.54) is 7.11 Å². The molecule has 0 bridgehead atoms. The number of carbonyl (C=O) groups is 5. The Morgan fingerprint density at radius 2 is 1.40 bits per heavy atom. The van der Waals surface area contributed by atoms with E-state index in [2.05, 4.69) is 26.3 Å². The van der Waals surface area contributed by atoms with E-state index >= 15 is 0 Å². The van der Waals surface area contributed by atoms with Crippen LogP contribution in [-0.4, -0.2) is 66.3 Å². The number of methoxy groups -OCH3 is 1. The van der Waals surface area contributed by atoms with E-state index in [-0.39, 0.29) is 19.4 Å². The maximum absolute atomic E-state index is 14.0. The van der Waals surface area contributed by atoms with Crippen LogP contribution >= 0.6 is 0 Å². The first-order valence-electron chi connectivity index (χ1n) is 17.2. The van der Waals surface area contributed by atoms with Gasteiger partial charge in [-0.25, -0.2) is 14.4 Å². The van der Waals surface area contributed by atoms with Crippen LogP contribution in [0.4, 0.5) is 9.59 Å². The minimum atomic E-state index is -1.21. The summed E-state index contributed by atoms with van der Waals surface area (Å²) in [5.74, 6) is -1.94. The number of para-hydroxylation sites is 1. The number of esters is 1. The lowest BCUT2D eigenvalue weighted by Gasteiger charge is -2.25. The number of H-pyrrole nitrogens is 1. The number of hydrogen-bond donors (Lipinski definition) is 5. The van der Waals surface area contributed by atoms with Gasteiger partial charge in [0.05, 0.1) is 7.11 Å². The van der Waals surface area contributed by atoms with Crippen LogP contribution in [0.15, 0.2) is 91.1 Å². The van der Waals surface area contributed by atoms with Gasteiger partial charge < -0.3 is 40.5 Å². The highest BCUT2D eigenvalue weighted by atomic mass is 16.6. The number of amides is 4. The summed E-state index contributed by atoms with van der Waals surface area (Å²) in [5.41, 5.74) is 2.21. The summed E-state index contributed by atoms with van der Waals surface area (Å²) >= 11 is 0. The summed E-state index contributed by atoms with van der Waals surface area (Å²) < 4.78 is 15.6. The summed E-state index contributed by atoms with van der Waals surface area (Å²) in [5, 5.41) is 11.8. The number of ether oxygens (including phenoxy) is 3.